The highest BCUT2D eigenvalue weighted by atomic mass is 35.5. The monoisotopic (exact) mass is 334 g/mol. The van der Waals surface area contributed by atoms with Gasteiger partial charge in [0.25, 0.3) is 0 Å². The van der Waals surface area contributed by atoms with Crippen LogP contribution in [0.3, 0.4) is 0 Å². The van der Waals surface area contributed by atoms with E-state index in [0.29, 0.717) is 10.6 Å². The van der Waals surface area contributed by atoms with Crippen molar-refractivity contribution in [2.75, 3.05) is 0 Å². The van der Waals surface area contributed by atoms with Gasteiger partial charge in [-0.25, -0.2) is 0 Å². The van der Waals surface area contributed by atoms with Gasteiger partial charge in [0.1, 0.15) is 5.25 Å². The van der Waals surface area contributed by atoms with Crippen LogP contribution < -0.4 is 0 Å². The summed E-state index contributed by atoms with van der Waals surface area (Å²) in [5.74, 6) is -1.20. The Bertz CT molecular complexity index is 665. The van der Waals surface area contributed by atoms with Crippen molar-refractivity contribution in [3.05, 3.63) is 64.7 Å². The molecule has 0 unspecified atom stereocenters. The van der Waals surface area contributed by atoms with Crippen molar-refractivity contribution in [3.8, 4) is 0 Å². The minimum atomic E-state index is -0.993. The summed E-state index contributed by atoms with van der Waals surface area (Å²) < 4.78 is 0. The lowest BCUT2D eigenvalue weighted by atomic mass is 10.1. The van der Waals surface area contributed by atoms with Crippen molar-refractivity contribution >= 4 is 35.1 Å². The minimum Gasteiger partial charge on any atom is -0.480 e. The fourth-order valence-corrected chi connectivity index (χ4v) is 2.97. The maximum Gasteiger partial charge on any atom is 0.317 e. The number of halogens is 1. The third kappa shape index (κ3) is 4.61. The number of carboxylic acid groups (broad SMARTS) is 1. The van der Waals surface area contributed by atoms with Crippen LogP contribution in [0, 0.1) is 6.92 Å². The molecule has 0 amide bonds. The molecule has 0 fully saturated rings. The number of rotatable bonds is 6. The summed E-state index contributed by atoms with van der Waals surface area (Å²) in [5, 5.41) is 9.06. The number of carboxylic acids is 1. The van der Waals surface area contributed by atoms with Crippen molar-refractivity contribution in [1.29, 1.82) is 0 Å². The molecule has 0 aliphatic rings. The number of carbonyl (C=O) groups is 2. The molecule has 0 heterocycles. The van der Waals surface area contributed by atoms with Crippen molar-refractivity contribution < 1.29 is 14.7 Å². The first-order valence-corrected chi connectivity index (χ1v) is 7.96. The molecule has 0 saturated carbocycles. The molecule has 2 aromatic carbocycles. The Morgan fingerprint density at radius 2 is 1.68 bits per heavy atom. The van der Waals surface area contributed by atoms with E-state index in [1.54, 1.807) is 24.3 Å². The summed E-state index contributed by atoms with van der Waals surface area (Å²) in [5.41, 5.74) is 1.58. The second kappa shape index (κ2) is 7.47. The Morgan fingerprint density at radius 1 is 1.09 bits per heavy atom. The molecule has 0 aliphatic heterocycles. The van der Waals surface area contributed by atoms with Crippen LogP contribution in [0.2, 0.25) is 5.02 Å². The van der Waals surface area contributed by atoms with Gasteiger partial charge in [-0.1, -0.05) is 29.3 Å². The zero-order valence-electron chi connectivity index (χ0n) is 12.0. The second-order valence-electron chi connectivity index (χ2n) is 4.89. The largest absolute Gasteiger partial charge is 0.480 e. The van der Waals surface area contributed by atoms with Gasteiger partial charge in [0.2, 0.25) is 0 Å². The molecule has 0 bridgehead atoms. The zero-order chi connectivity index (χ0) is 16.1. The summed E-state index contributed by atoms with van der Waals surface area (Å²) >= 11 is 6.97. The van der Waals surface area contributed by atoms with Crippen LogP contribution in [0.15, 0.2) is 53.4 Å². The van der Waals surface area contributed by atoms with Crippen LogP contribution in [0.4, 0.5) is 0 Å². The van der Waals surface area contributed by atoms with E-state index in [9.17, 15) is 14.7 Å². The summed E-state index contributed by atoms with van der Waals surface area (Å²) in [7, 11) is 0. The Kier molecular flexibility index (Phi) is 5.63. The average molecular weight is 335 g/mol. The molecule has 1 N–H and O–H groups in total. The van der Waals surface area contributed by atoms with E-state index >= 15 is 0 Å². The first kappa shape index (κ1) is 16.6. The third-order valence-corrected chi connectivity index (χ3v) is 4.56. The van der Waals surface area contributed by atoms with Gasteiger partial charge in [-0.3, -0.25) is 9.59 Å². The number of aryl methyl sites for hydroxylation is 1. The number of Topliss-reactive ketones (excluding diaryl/α,β-unsaturated/α-hetero) is 1. The highest BCUT2D eigenvalue weighted by molar-refractivity contribution is 8.00. The lowest BCUT2D eigenvalue weighted by Crippen LogP contribution is -2.20. The topological polar surface area (TPSA) is 54.4 Å². The molecule has 2 rings (SSSR count). The van der Waals surface area contributed by atoms with Crippen LogP contribution in [0.25, 0.3) is 0 Å². The SMILES string of the molecule is Cc1ccc(S[C@@H](CC(=O)c2ccc(Cl)cc2)C(=O)O)cc1. The van der Waals surface area contributed by atoms with Crippen molar-refractivity contribution in [1.82, 2.24) is 0 Å². The van der Waals surface area contributed by atoms with E-state index in [1.807, 2.05) is 31.2 Å². The molecule has 1 atom stereocenters. The molecule has 0 radical (unpaired) electrons. The fourth-order valence-electron chi connectivity index (χ4n) is 1.88. The first-order chi connectivity index (χ1) is 10.5. The van der Waals surface area contributed by atoms with Gasteiger partial charge in [0.05, 0.1) is 0 Å². The van der Waals surface area contributed by atoms with E-state index < -0.39 is 11.2 Å². The standard InChI is InChI=1S/C17H15ClO3S/c1-11-2-8-14(9-3-11)22-16(17(20)21)10-15(19)12-4-6-13(18)7-5-12/h2-9,16H,10H2,1H3,(H,20,21)/t16-/m0/s1. The first-order valence-electron chi connectivity index (χ1n) is 6.70. The third-order valence-electron chi connectivity index (χ3n) is 3.11. The zero-order valence-corrected chi connectivity index (χ0v) is 13.5. The van der Waals surface area contributed by atoms with E-state index in [2.05, 4.69) is 0 Å². The number of ketones is 1. The Morgan fingerprint density at radius 3 is 2.23 bits per heavy atom. The van der Waals surface area contributed by atoms with Gasteiger partial charge >= 0.3 is 5.97 Å². The predicted octanol–water partition coefficient (Wildman–Crippen LogP) is 4.47. The van der Waals surface area contributed by atoms with Gasteiger partial charge in [-0.15, -0.1) is 11.8 Å². The number of thioether (sulfide) groups is 1. The quantitative estimate of drug-likeness (QED) is 0.625. The lowest BCUT2D eigenvalue weighted by Gasteiger charge is -2.11. The molecule has 5 heteroatoms. The molecular formula is C17H15ClO3S. The molecule has 114 valence electrons. The van der Waals surface area contributed by atoms with E-state index in [-0.39, 0.29) is 12.2 Å². The van der Waals surface area contributed by atoms with Crippen molar-refractivity contribution in [2.24, 2.45) is 0 Å². The molecule has 0 aliphatic carbocycles. The number of hydrogen-bond donors (Lipinski definition) is 1. The molecule has 0 aromatic heterocycles. The lowest BCUT2D eigenvalue weighted by molar-refractivity contribution is -0.136. The Balaban J connectivity index is 2.08. The van der Waals surface area contributed by atoms with Crippen LogP contribution in [0.5, 0.6) is 0 Å². The van der Waals surface area contributed by atoms with Gasteiger partial charge in [-0.05, 0) is 43.3 Å². The number of aliphatic carboxylic acids is 1. The van der Waals surface area contributed by atoms with Gasteiger partial charge in [-0.2, -0.15) is 0 Å². The number of hydrogen-bond acceptors (Lipinski definition) is 3. The summed E-state index contributed by atoms with van der Waals surface area (Å²) in [6.45, 7) is 1.97. The second-order valence-corrected chi connectivity index (χ2v) is 6.60. The highest BCUT2D eigenvalue weighted by Gasteiger charge is 2.23. The maximum atomic E-state index is 12.2. The molecule has 3 nitrogen and oxygen atoms in total. The van der Waals surface area contributed by atoms with Gasteiger partial charge < -0.3 is 5.11 Å². The smallest absolute Gasteiger partial charge is 0.317 e. The average Bonchev–Trinajstić information content (AvgIpc) is 2.49. The molecule has 2 aromatic rings. The summed E-state index contributed by atoms with van der Waals surface area (Å²) in [4.78, 5) is 24.4. The van der Waals surface area contributed by atoms with Crippen LogP contribution in [-0.4, -0.2) is 22.1 Å². The van der Waals surface area contributed by atoms with E-state index in [1.165, 1.54) is 11.8 Å². The molecular weight excluding hydrogens is 320 g/mol. The molecule has 0 spiro atoms. The van der Waals surface area contributed by atoms with Crippen molar-refractivity contribution in [3.63, 3.8) is 0 Å². The molecule has 22 heavy (non-hydrogen) atoms. The molecule has 0 saturated heterocycles. The van der Waals surface area contributed by atoms with E-state index in [4.69, 9.17) is 11.6 Å². The normalized spacial score (nSPS) is 11.9. The van der Waals surface area contributed by atoms with Crippen LogP contribution in [-0.2, 0) is 4.79 Å². The minimum absolute atomic E-state index is 0.0600. The van der Waals surface area contributed by atoms with Crippen LogP contribution in [0.1, 0.15) is 22.3 Å². The Labute approximate surface area is 138 Å². The Hall–Kier alpha value is -1.78. The van der Waals surface area contributed by atoms with Gasteiger partial charge in [0.15, 0.2) is 5.78 Å². The number of benzene rings is 2. The summed E-state index contributed by atoms with van der Waals surface area (Å²) in [6, 6.07) is 14.0. The predicted molar refractivity (Wildman–Crippen MR) is 88.9 cm³/mol. The van der Waals surface area contributed by atoms with Crippen LogP contribution >= 0.6 is 23.4 Å². The fraction of sp³-hybridized carbons (Fsp3) is 0.176. The van der Waals surface area contributed by atoms with Crippen molar-refractivity contribution in [2.45, 2.75) is 23.5 Å². The number of carbonyl (C=O) groups excluding carboxylic acids is 1. The van der Waals surface area contributed by atoms with Gasteiger partial charge in [0, 0.05) is 21.9 Å². The van der Waals surface area contributed by atoms with E-state index in [0.717, 1.165) is 10.5 Å². The summed E-state index contributed by atoms with van der Waals surface area (Å²) in [6.07, 6.45) is -0.0600. The maximum absolute atomic E-state index is 12.2. The highest BCUT2D eigenvalue weighted by Crippen LogP contribution is 2.27.